The van der Waals surface area contributed by atoms with Gasteiger partial charge in [0, 0.05) is 25.5 Å². The Morgan fingerprint density at radius 2 is 2.43 bits per heavy atom. The Labute approximate surface area is 82.6 Å². The molecule has 5 nitrogen and oxygen atoms in total. The van der Waals surface area contributed by atoms with Crippen LogP contribution in [0.1, 0.15) is 30.5 Å². The van der Waals surface area contributed by atoms with Crippen molar-refractivity contribution in [1.29, 1.82) is 0 Å². The van der Waals surface area contributed by atoms with Crippen LogP contribution in [0.25, 0.3) is 0 Å². The third-order valence-electron chi connectivity index (χ3n) is 2.24. The lowest BCUT2D eigenvalue weighted by atomic mass is 10.2. The summed E-state index contributed by atoms with van der Waals surface area (Å²) in [5.41, 5.74) is 5.76. The number of nitrogens with zero attached hydrogens (tertiary/aromatic N) is 2. The molecule has 14 heavy (non-hydrogen) atoms. The number of nitrogens with two attached hydrogens (primary N) is 1. The third-order valence-corrected chi connectivity index (χ3v) is 2.24. The van der Waals surface area contributed by atoms with Gasteiger partial charge in [0.15, 0.2) is 5.82 Å². The molecule has 0 bridgehead atoms. The quantitative estimate of drug-likeness (QED) is 0.742. The average molecular weight is 197 g/mol. The van der Waals surface area contributed by atoms with E-state index in [9.17, 15) is 0 Å². The predicted molar refractivity (Wildman–Crippen MR) is 49.8 cm³/mol. The molecular weight excluding hydrogens is 182 g/mol. The second-order valence-corrected chi connectivity index (χ2v) is 3.74. The van der Waals surface area contributed by atoms with Gasteiger partial charge in [0.05, 0.1) is 6.61 Å². The van der Waals surface area contributed by atoms with Crippen LogP contribution in [0.4, 0.5) is 0 Å². The van der Waals surface area contributed by atoms with Gasteiger partial charge in [-0.05, 0) is 12.8 Å². The van der Waals surface area contributed by atoms with Crippen LogP contribution in [-0.2, 0) is 11.2 Å². The van der Waals surface area contributed by atoms with Crippen molar-refractivity contribution in [1.82, 2.24) is 10.1 Å². The molecule has 0 amide bonds. The van der Waals surface area contributed by atoms with E-state index >= 15 is 0 Å². The number of ether oxygens (including phenoxy) is 1. The van der Waals surface area contributed by atoms with Crippen molar-refractivity contribution in [2.24, 2.45) is 5.73 Å². The topological polar surface area (TPSA) is 74.2 Å². The van der Waals surface area contributed by atoms with Gasteiger partial charge in [-0.15, -0.1) is 0 Å². The lowest BCUT2D eigenvalue weighted by molar-refractivity contribution is 0.176. The first-order chi connectivity index (χ1) is 6.79. The van der Waals surface area contributed by atoms with Gasteiger partial charge in [0.25, 0.3) is 0 Å². The van der Waals surface area contributed by atoms with Crippen molar-refractivity contribution in [3.63, 3.8) is 0 Å². The molecule has 5 heteroatoms. The van der Waals surface area contributed by atoms with Crippen molar-refractivity contribution in [2.75, 3.05) is 13.7 Å². The summed E-state index contributed by atoms with van der Waals surface area (Å²) in [5, 5.41) is 3.91. The van der Waals surface area contributed by atoms with Crippen LogP contribution in [0, 0.1) is 0 Å². The van der Waals surface area contributed by atoms with Crippen molar-refractivity contribution < 1.29 is 9.26 Å². The van der Waals surface area contributed by atoms with E-state index in [1.807, 2.05) is 0 Å². The summed E-state index contributed by atoms with van der Waals surface area (Å²) in [4.78, 5) is 4.28. The molecular formula is C9H15N3O2. The summed E-state index contributed by atoms with van der Waals surface area (Å²) in [6.45, 7) is 0.515. The van der Waals surface area contributed by atoms with E-state index < -0.39 is 0 Å². The molecule has 0 spiro atoms. The minimum Gasteiger partial charge on any atom is -0.383 e. The molecule has 1 saturated carbocycles. The number of hydrogen-bond donors (Lipinski definition) is 1. The highest BCUT2D eigenvalue weighted by molar-refractivity contribution is 5.03. The molecule has 1 unspecified atom stereocenters. The molecule has 78 valence electrons. The Morgan fingerprint density at radius 1 is 1.64 bits per heavy atom. The van der Waals surface area contributed by atoms with Crippen LogP contribution in [0.15, 0.2) is 4.52 Å². The molecule has 0 radical (unpaired) electrons. The lowest BCUT2D eigenvalue weighted by Gasteiger charge is -2.05. The third kappa shape index (κ3) is 2.30. The number of rotatable bonds is 5. The molecule has 1 heterocycles. The average Bonchev–Trinajstić information content (AvgIpc) is 2.89. The normalized spacial score (nSPS) is 18.4. The maximum atomic E-state index is 5.76. The van der Waals surface area contributed by atoms with Gasteiger partial charge in [-0.25, -0.2) is 0 Å². The number of hydrogen-bond acceptors (Lipinski definition) is 5. The minimum absolute atomic E-state index is 0.0625. The van der Waals surface area contributed by atoms with Crippen molar-refractivity contribution >= 4 is 0 Å². The summed E-state index contributed by atoms with van der Waals surface area (Å²) >= 11 is 0. The van der Waals surface area contributed by atoms with Gasteiger partial charge in [0.2, 0.25) is 5.89 Å². The Balaban J connectivity index is 1.88. The van der Waals surface area contributed by atoms with E-state index in [0.717, 1.165) is 5.82 Å². The van der Waals surface area contributed by atoms with Crippen molar-refractivity contribution in [2.45, 2.75) is 31.2 Å². The van der Waals surface area contributed by atoms with E-state index in [1.165, 1.54) is 12.8 Å². The molecule has 0 aliphatic heterocycles. The smallest absolute Gasteiger partial charge is 0.228 e. The molecule has 1 atom stereocenters. The molecule has 1 fully saturated rings. The molecule has 0 saturated heterocycles. The van der Waals surface area contributed by atoms with Crippen LogP contribution >= 0.6 is 0 Å². The molecule has 1 aliphatic rings. The highest BCUT2D eigenvalue weighted by Crippen LogP contribution is 2.38. The van der Waals surface area contributed by atoms with E-state index in [1.54, 1.807) is 7.11 Å². The first kappa shape index (κ1) is 9.61. The van der Waals surface area contributed by atoms with Gasteiger partial charge in [-0.3, -0.25) is 0 Å². The summed E-state index contributed by atoms with van der Waals surface area (Å²) < 4.78 is 10.0. The van der Waals surface area contributed by atoms with Crippen LogP contribution in [0.3, 0.4) is 0 Å². The second kappa shape index (κ2) is 4.06. The summed E-state index contributed by atoms with van der Waals surface area (Å²) in [6, 6.07) is -0.0625. The monoisotopic (exact) mass is 197 g/mol. The number of aromatic nitrogens is 2. The van der Waals surface area contributed by atoms with Gasteiger partial charge < -0.3 is 15.0 Å². The Bertz CT molecular complexity index is 296. The zero-order valence-corrected chi connectivity index (χ0v) is 8.27. The summed E-state index contributed by atoms with van der Waals surface area (Å²) in [7, 11) is 1.63. The Morgan fingerprint density at radius 3 is 3.07 bits per heavy atom. The van der Waals surface area contributed by atoms with Crippen LogP contribution in [-0.4, -0.2) is 29.9 Å². The fraction of sp³-hybridized carbons (Fsp3) is 0.778. The molecule has 2 N–H and O–H groups in total. The van der Waals surface area contributed by atoms with Crippen molar-refractivity contribution in [3.8, 4) is 0 Å². The largest absolute Gasteiger partial charge is 0.383 e. The van der Waals surface area contributed by atoms with Gasteiger partial charge in [0.1, 0.15) is 0 Å². The first-order valence-corrected chi connectivity index (χ1v) is 4.86. The predicted octanol–water partition coefficient (Wildman–Crippen LogP) is 0.463. The van der Waals surface area contributed by atoms with E-state index in [0.29, 0.717) is 24.8 Å². The van der Waals surface area contributed by atoms with Gasteiger partial charge >= 0.3 is 0 Å². The van der Waals surface area contributed by atoms with Crippen LogP contribution < -0.4 is 5.73 Å². The van der Waals surface area contributed by atoms with E-state index in [4.69, 9.17) is 15.0 Å². The maximum absolute atomic E-state index is 5.76. The molecule has 2 rings (SSSR count). The van der Waals surface area contributed by atoms with E-state index in [-0.39, 0.29) is 6.04 Å². The minimum atomic E-state index is -0.0625. The molecule has 0 aromatic carbocycles. The highest BCUT2D eigenvalue weighted by atomic mass is 16.5. The molecule has 1 aromatic rings. The van der Waals surface area contributed by atoms with Crippen molar-refractivity contribution in [3.05, 3.63) is 11.7 Å². The number of methoxy groups -OCH3 is 1. The standard InChI is InChI=1S/C9H15N3O2/c1-13-5-7(10)4-8-11-9(12-14-8)6-2-3-6/h6-7H,2-5,10H2,1H3. The fourth-order valence-corrected chi connectivity index (χ4v) is 1.36. The molecule has 1 aromatic heterocycles. The maximum Gasteiger partial charge on any atom is 0.228 e. The first-order valence-electron chi connectivity index (χ1n) is 4.86. The zero-order valence-electron chi connectivity index (χ0n) is 8.27. The van der Waals surface area contributed by atoms with Gasteiger partial charge in [-0.2, -0.15) is 4.98 Å². The SMILES string of the molecule is COCC(N)Cc1nc(C2CC2)no1. The molecule has 1 aliphatic carbocycles. The lowest BCUT2D eigenvalue weighted by Crippen LogP contribution is -2.28. The summed E-state index contributed by atoms with van der Waals surface area (Å²) in [6.07, 6.45) is 2.96. The van der Waals surface area contributed by atoms with Gasteiger partial charge in [-0.1, -0.05) is 5.16 Å². The second-order valence-electron chi connectivity index (χ2n) is 3.74. The highest BCUT2D eigenvalue weighted by Gasteiger charge is 2.28. The zero-order chi connectivity index (χ0) is 9.97. The fourth-order valence-electron chi connectivity index (χ4n) is 1.36. The van der Waals surface area contributed by atoms with E-state index in [2.05, 4.69) is 10.1 Å². The van der Waals surface area contributed by atoms with Crippen LogP contribution in [0.2, 0.25) is 0 Å². The van der Waals surface area contributed by atoms with Crippen LogP contribution in [0.5, 0.6) is 0 Å². The summed E-state index contributed by atoms with van der Waals surface area (Å²) in [5.74, 6) is 1.99. The Kier molecular flexibility index (Phi) is 2.79. The Hall–Kier alpha value is -0.940.